The maximum Gasteiger partial charge on any atom is 0.130 e. The summed E-state index contributed by atoms with van der Waals surface area (Å²) in [6, 6.07) is 3.65. The molecule has 1 atom stereocenters. The molecule has 1 aromatic rings. The van der Waals surface area contributed by atoms with Crippen LogP contribution in [0.1, 0.15) is 11.6 Å². The average Bonchev–Trinajstić information content (AvgIpc) is 2.19. The van der Waals surface area contributed by atoms with Crippen LogP contribution in [0, 0.1) is 11.6 Å². The van der Waals surface area contributed by atoms with E-state index < -0.39 is 11.6 Å². The van der Waals surface area contributed by atoms with Crippen LogP contribution in [0.5, 0.6) is 0 Å². The standard InChI is InChI=1S/C10H12F2N2/c11-7-1-2-8(9(12)5-7)10-6-13-3-4-14-10/h1-2,5,10,13-14H,3-4,6H2/t10-/m0/s1. The van der Waals surface area contributed by atoms with Crippen molar-refractivity contribution in [2.24, 2.45) is 0 Å². The molecule has 76 valence electrons. The molecule has 2 rings (SSSR count). The van der Waals surface area contributed by atoms with Gasteiger partial charge in [-0.2, -0.15) is 0 Å². The third kappa shape index (κ3) is 1.91. The van der Waals surface area contributed by atoms with Crippen LogP contribution in [0.2, 0.25) is 0 Å². The minimum Gasteiger partial charge on any atom is -0.314 e. The second-order valence-corrected chi connectivity index (χ2v) is 3.38. The first-order chi connectivity index (χ1) is 6.77. The molecule has 0 aromatic heterocycles. The Morgan fingerprint density at radius 2 is 2.07 bits per heavy atom. The lowest BCUT2D eigenvalue weighted by molar-refractivity contribution is 0.415. The van der Waals surface area contributed by atoms with Crippen LogP contribution < -0.4 is 10.6 Å². The summed E-state index contributed by atoms with van der Waals surface area (Å²) in [5.41, 5.74) is 0.526. The highest BCUT2D eigenvalue weighted by atomic mass is 19.1. The van der Waals surface area contributed by atoms with Gasteiger partial charge >= 0.3 is 0 Å². The fourth-order valence-corrected chi connectivity index (χ4v) is 1.66. The number of benzene rings is 1. The highest BCUT2D eigenvalue weighted by Crippen LogP contribution is 2.18. The first kappa shape index (κ1) is 9.55. The van der Waals surface area contributed by atoms with Gasteiger partial charge in [-0.05, 0) is 6.07 Å². The summed E-state index contributed by atoms with van der Waals surface area (Å²) in [5, 5.41) is 6.32. The molecule has 0 unspecified atom stereocenters. The normalized spacial score (nSPS) is 22.3. The fourth-order valence-electron chi connectivity index (χ4n) is 1.66. The van der Waals surface area contributed by atoms with E-state index in [1.165, 1.54) is 12.1 Å². The van der Waals surface area contributed by atoms with E-state index in [9.17, 15) is 8.78 Å². The maximum atomic E-state index is 13.3. The number of rotatable bonds is 1. The van der Waals surface area contributed by atoms with Gasteiger partial charge in [0, 0.05) is 37.3 Å². The smallest absolute Gasteiger partial charge is 0.130 e. The van der Waals surface area contributed by atoms with E-state index in [0.29, 0.717) is 12.1 Å². The molecular formula is C10H12F2N2. The molecule has 0 aliphatic carbocycles. The molecule has 0 amide bonds. The zero-order chi connectivity index (χ0) is 9.97. The number of hydrogen-bond acceptors (Lipinski definition) is 2. The topological polar surface area (TPSA) is 24.1 Å². The largest absolute Gasteiger partial charge is 0.314 e. The molecule has 1 saturated heterocycles. The Kier molecular flexibility index (Phi) is 2.74. The van der Waals surface area contributed by atoms with Crippen molar-refractivity contribution in [3.05, 3.63) is 35.4 Å². The van der Waals surface area contributed by atoms with Gasteiger partial charge in [-0.25, -0.2) is 8.78 Å². The van der Waals surface area contributed by atoms with Gasteiger partial charge < -0.3 is 10.6 Å². The van der Waals surface area contributed by atoms with E-state index in [1.807, 2.05) is 0 Å². The predicted molar refractivity (Wildman–Crippen MR) is 50.0 cm³/mol. The molecule has 4 heteroatoms. The maximum absolute atomic E-state index is 13.3. The molecule has 0 radical (unpaired) electrons. The van der Waals surface area contributed by atoms with E-state index in [1.54, 1.807) is 0 Å². The Bertz CT molecular complexity index is 322. The Morgan fingerprint density at radius 3 is 2.71 bits per heavy atom. The van der Waals surface area contributed by atoms with Crippen LogP contribution in [0.25, 0.3) is 0 Å². The molecule has 0 spiro atoms. The quantitative estimate of drug-likeness (QED) is 0.708. The lowest BCUT2D eigenvalue weighted by Gasteiger charge is -2.25. The highest BCUT2D eigenvalue weighted by Gasteiger charge is 2.17. The molecule has 1 aromatic carbocycles. The molecule has 1 heterocycles. The zero-order valence-corrected chi connectivity index (χ0v) is 7.69. The van der Waals surface area contributed by atoms with Crippen LogP contribution in [0.4, 0.5) is 8.78 Å². The van der Waals surface area contributed by atoms with Crippen LogP contribution in [-0.4, -0.2) is 19.6 Å². The van der Waals surface area contributed by atoms with Crippen molar-refractivity contribution in [1.82, 2.24) is 10.6 Å². The van der Waals surface area contributed by atoms with E-state index in [0.717, 1.165) is 19.2 Å². The lowest BCUT2D eigenvalue weighted by Crippen LogP contribution is -2.42. The highest BCUT2D eigenvalue weighted by molar-refractivity contribution is 5.22. The Morgan fingerprint density at radius 1 is 1.21 bits per heavy atom. The van der Waals surface area contributed by atoms with Crippen molar-refractivity contribution < 1.29 is 8.78 Å². The van der Waals surface area contributed by atoms with E-state index in [-0.39, 0.29) is 6.04 Å². The summed E-state index contributed by atoms with van der Waals surface area (Å²) < 4.78 is 26.0. The van der Waals surface area contributed by atoms with Crippen molar-refractivity contribution in [2.45, 2.75) is 6.04 Å². The third-order valence-corrected chi connectivity index (χ3v) is 2.38. The third-order valence-electron chi connectivity index (χ3n) is 2.38. The Hall–Kier alpha value is -1.00. The van der Waals surface area contributed by atoms with Gasteiger partial charge in [0.2, 0.25) is 0 Å². The van der Waals surface area contributed by atoms with Gasteiger partial charge in [-0.1, -0.05) is 6.07 Å². The summed E-state index contributed by atoms with van der Waals surface area (Å²) in [7, 11) is 0. The summed E-state index contributed by atoms with van der Waals surface area (Å²) in [6.45, 7) is 2.38. The van der Waals surface area contributed by atoms with Crippen molar-refractivity contribution in [3.63, 3.8) is 0 Å². The molecule has 1 aliphatic heterocycles. The molecule has 14 heavy (non-hydrogen) atoms. The van der Waals surface area contributed by atoms with Gasteiger partial charge in [-0.15, -0.1) is 0 Å². The average molecular weight is 198 g/mol. The molecule has 2 nitrogen and oxygen atoms in total. The number of hydrogen-bond donors (Lipinski definition) is 2. The number of nitrogens with one attached hydrogen (secondary N) is 2. The van der Waals surface area contributed by atoms with Crippen molar-refractivity contribution in [3.8, 4) is 0 Å². The van der Waals surface area contributed by atoms with E-state index in [4.69, 9.17) is 0 Å². The van der Waals surface area contributed by atoms with Crippen LogP contribution in [0.15, 0.2) is 18.2 Å². The van der Waals surface area contributed by atoms with Gasteiger partial charge in [0.05, 0.1) is 0 Å². The Labute approximate surface area is 81.3 Å². The summed E-state index contributed by atoms with van der Waals surface area (Å²) in [4.78, 5) is 0. The van der Waals surface area contributed by atoms with E-state index in [2.05, 4.69) is 10.6 Å². The summed E-state index contributed by atoms with van der Waals surface area (Å²) >= 11 is 0. The van der Waals surface area contributed by atoms with Crippen LogP contribution in [0.3, 0.4) is 0 Å². The van der Waals surface area contributed by atoms with Gasteiger partial charge in [0.15, 0.2) is 0 Å². The SMILES string of the molecule is Fc1ccc([C@@H]2CNCCN2)c(F)c1. The monoisotopic (exact) mass is 198 g/mol. The fraction of sp³-hybridized carbons (Fsp3) is 0.400. The van der Waals surface area contributed by atoms with Gasteiger partial charge in [0.1, 0.15) is 11.6 Å². The summed E-state index contributed by atoms with van der Waals surface area (Å²) in [6.07, 6.45) is 0. The second kappa shape index (κ2) is 4.02. The predicted octanol–water partition coefficient (Wildman–Crippen LogP) is 1.20. The second-order valence-electron chi connectivity index (χ2n) is 3.38. The molecule has 0 bridgehead atoms. The number of halogens is 2. The van der Waals surface area contributed by atoms with Crippen molar-refractivity contribution in [1.29, 1.82) is 0 Å². The molecule has 0 saturated carbocycles. The number of piperazine rings is 1. The Balaban J connectivity index is 2.22. The first-order valence-corrected chi connectivity index (χ1v) is 4.66. The first-order valence-electron chi connectivity index (χ1n) is 4.66. The van der Waals surface area contributed by atoms with Gasteiger partial charge in [0.25, 0.3) is 0 Å². The van der Waals surface area contributed by atoms with E-state index >= 15 is 0 Å². The molecular weight excluding hydrogens is 186 g/mol. The van der Waals surface area contributed by atoms with Crippen LogP contribution in [-0.2, 0) is 0 Å². The lowest BCUT2D eigenvalue weighted by atomic mass is 10.0. The molecule has 1 fully saturated rings. The zero-order valence-electron chi connectivity index (χ0n) is 7.69. The van der Waals surface area contributed by atoms with Gasteiger partial charge in [-0.3, -0.25) is 0 Å². The van der Waals surface area contributed by atoms with Crippen LogP contribution >= 0.6 is 0 Å². The van der Waals surface area contributed by atoms with Crippen molar-refractivity contribution >= 4 is 0 Å². The summed E-state index contributed by atoms with van der Waals surface area (Å²) in [5.74, 6) is -1.01. The molecule has 2 N–H and O–H groups in total. The molecule has 1 aliphatic rings. The minimum absolute atomic E-state index is 0.0515. The minimum atomic E-state index is -0.532. The van der Waals surface area contributed by atoms with Crippen molar-refractivity contribution in [2.75, 3.05) is 19.6 Å².